The van der Waals surface area contributed by atoms with Crippen LogP contribution < -0.4 is 5.73 Å². The normalized spacial score (nSPS) is 20.7. The third kappa shape index (κ3) is 3.60. The number of aromatic nitrogens is 2. The Morgan fingerprint density at radius 2 is 1.97 bits per heavy atom. The van der Waals surface area contributed by atoms with Gasteiger partial charge in [0, 0.05) is 30.5 Å². The van der Waals surface area contributed by atoms with Crippen LogP contribution in [0.15, 0.2) is 53.3 Å². The number of nitrogens with zero attached hydrogens (tertiary/aromatic N) is 6. The van der Waals surface area contributed by atoms with Gasteiger partial charge >= 0.3 is 6.09 Å². The summed E-state index contributed by atoms with van der Waals surface area (Å²) in [6.07, 6.45) is 1.21. The van der Waals surface area contributed by atoms with Crippen LogP contribution in [0.4, 0.5) is 4.79 Å². The van der Waals surface area contributed by atoms with E-state index < -0.39 is 23.3 Å². The van der Waals surface area contributed by atoms with Crippen molar-refractivity contribution in [3.05, 3.63) is 69.7 Å². The van der Waals surface area contributed by atoms with Crippen LogP contribution in [0.2, 0.25) is 5.15 Å². The number of allylic oxidation sites excluding steroid dienone is 2. The molecule has 9 nitrogen and oxygen atoms in total. The Kier molecular flexibility index (Phi) is 6.26. The van der Waals surface area contributed by atoms with Crippen molar-refractivity contribution in [2.75, 3.05) is 19.7 Å². The minimum atomic E-state index is -1.90. The van der Waals surface area contributed by atoms with Gasteiger partial charge < -0.3 is 15.4 Å². The number of aryl methyl sites for hydroxylation is 1. The van der Waals surface area contributed by atoms with Crippen LogP contribution in [0.5, 0.6) is 0 Å². The molecule has 4 rings (SSSR count). The molecule has 1 aromatic heterocycles. The summed E-state index contributed by atoms with van der Waals surface area (Å²) >= 11 is 6.87. The van der Waals surface area contributed by atoms with Crippen LogP contribution in [0.25, 0.3) is 5.69 Å². The number of carbonyl (C=O) groups is 1. The highest BCUT2D eigenvalue weighted by Crippen LogP contribution is 2.56. The maximum atomic E-state index is 12.6. The van der Waals surface area contributed by atoms with Crippen LogP contribution in [-0.2, 0) is 4.74 Å². The van der Waals surface area contributed by atoms with Gasteiger partial charge in [-0.05, 0) is 31.6 Å². The number of amides is 1. The maximum absolute atomic E-state index is 12.6. The summed E-state index contributed by atoms with van der Waals surface area (Å²) in [5, 5.41) is 35.4. The maximum Gasteiger partial charge on any atom is 0.410 e. The largest absolute Gasteiger partial charge is 0.450 e. The Bertz CT molecular complexity index is 1360. The van der Waals surface area contributed by atoms with E-state index in [9.17, 15) is 20.6 Å². The second-order valence-corrected chi connectivity index (χ2v) is 8.67. The molecule has 2 N–H and O–H groups in total. The fourth-order valence-electron chi connectivity index (χ4n) is 4.96. The van der Waals surface area contributed by atoms with E-state index in [0.717, 1.165) is 0 Å². The number of hydrogen-bond donors (Lipinski definition) is 1. The molecule has 1 aromatic carbocycles. The molecule has 0 spiro atoms. The van der Waals surface area contributed by atoms with Crippen LogP contribution in [-0.4, -0.2) is 40.5 Å². The van der Waals surface area contributed by atoms with Gasteiger partial charge in [-0.25, -0.2) is 9.48 Å². The monoisotopic (exact) mass is 487 g/mol. The Morgan fingerprint density at radius 1 is 1.29 bits per heavy atom. The third-order valence-electron chi connectivity index (χ3n) is 6.55. The van der Waals surface area contributed by atoms with Gasteiger partial charge in [-0.15, -0.1) is 0 Å². The zero-order chi connectivity index (χ0) is 25.3. The number of rotatable bonds is 3. The number of ether oxygens (including phenoxy) is 1. The number of benzene rings is 1. The topological polar surface area (TPSA) is 145 Å². The number of para-hydroxylation sites is 1. The van der Waals surface area contributed by atoms with E-state index in [-0.39, 0.29) is 36.1 Å². The van der Waals surface area contributed by atoms with Crippen molar-refractivity contribution >= 4 is 17.7 Å². The fraction of sp³-hybridized carbons (Fsp3) is 0.320. The lowest BCUT2D eigenvalue weighted by molar-refractivity contribution is 0.0999. The zero-order valence-electron chi connectivity index (χ0n) is 19.2. The number of carbonyl (C=O) groups excluding carboxylic acids is 1. The summed E-state index contributed by atoms with van der Waals surface area (Å²) in [5.41, 5.74) is 6.72. The standard InChI is InChI=1S/C25H22ClN7O2/c1-3-35-24(34)32-10-9-17-18(11-27)22(30)25(13-28,14-29)21(19(17)12-32)20-15(2)31-33(23(20)26)16-7-5-4-6-8-16/h4-9,19,21H,3,10,12,30H2,1-2H3. The Hall–Kier alpha value is -4.26. The summed E-state index contributed by atoms with van der Waals surface area (Å²) in [5.74, 6) is -1.50. The molecule has 176 valence electrons. The van der Waals surface area contributed by atoms with E-state index in [0.29, 0.717) is 22.5 Å². The molecule has 1 amide bonds. The summed E-state index contributed by atoms with van der Waals surface area (Å²) in [6.45, 7) is 3.98. The van der Waals surface area contributed by atoms with E-state index in [1.807, 2.05) is 30.3 Å². The quantitative estimate of drug-likeness (QED) is 0.694. The molecule has 1 aliphatic heterocycles. The zero-order valence-corrected chi connectivity index (χ0v) is 20.0. The van der Waals surface area contributed by atoms with E-state index >= 15 is 0 Å². The average Bonchev–Trinajstić information content (AvgIpc) is 3.17. The molecule has 0 saturated heterocycles. The van der Waals surface area contributed by atoms with Crippen molar-refractivity contribution in [2.45, 2.75) is 19.8 Å². The Labute approximate surface area is 207 Å². The lowest BCUT2D eigenvalue weighted by atomic mass is 9.58. The smallest absolute Gasteiger partial charge is 0.410 e. The van der Waals surface area contributed by atoms with Gasteiger partial charge in [0.05, 0.1) is 41.4 Å². The lowest BCUT2D eigenvalue weighted by Gasteiger charge is -2.45. The molecule has 2 aromatic rings. The molecule has 35 heavy (non-hydrogen) atoms. The Morgan fingerprint density at radius 3 is 2.57 bits per heavy atom. The van der Waals surface area contributed by atoms with Crippen molar-refractivity contribution in [1.29, 1.82) is 15.8 Å². The first-order valence-electron chi connectivity index (χ1n) is 11.0. The number of nitriles is 3. The van der Waals surface area contributed by atoms with Gasteiger partial charge in [0.2, 0.25) is 0 Å². The molecule has 1 aliphatic carbocycles. The summed E-state index contributed by atoms with van der Waals surface area (Å²) in [7, 11) is 0. The number of nitrogens with two attached hydrogens (primary N) is 1. The molecule has 0 saturated carbocycles. The van der Waals surface area contributed by atoms with Crippen molar-refractivity contribution in [2.24, 2.45) is 17.1 Å². The molecule has 2 unspecified atom stereocenters. The van der Waals surface area contributed by atoms with Crippen LogP contribution >= 0.6 is 11.6 Å². The summed E-state index contributed by atoms with van der Waals surface area (Å²) < 4.78 is 6.72. The molecule has 0 bridgehead atoms. The van der Waals surface area contributed by atoms with Gasteiger partial charge in [0.25, 0.3) is 0 Å². The first-order chi connectivity index (χ1) is 16.8. The third-order valence-corrected chi connectivity index (χ3v) is 6.91. The van der Waals surface area contributed by atoms with E-state index in [1.165, 1.54) is 4.90 Å². The van der Waals surface area contributed by atoms with Gasteiger partial charge in [-0.3, -0.25) is 0 Å². The molecule has 10 heteroatoms. The van der Waals surface area contributed by atoms with Crippen molar-refractivity contribution < 1.29 is 9.53 Å². The van der Waals surface area contributed by atoms with Gasteiger partial charge in [-0.2, -0.15) is 20.9 Å². The fourth-order valence-corrected chi connectivity index (χ4v) is 5.35. The van der Waals surface area contributed by atoms with Crippen molar-refractivity contribution in [3.8, 4) is 23.9 Å². The second-order valence-electron chi connectivity index (χ2n) is 8.32. The van der Waals surface area contributed by atoms with Gasteiger partial charge in [0.1, 0.15) is 11.2 Å². The molecule has 2 atom stereocenters. The lowest BCUT2D eigenvalue weighted by Crippen LogP contribution is -2.49. The van der Waals surface area contributed by atoms with Crippen LogP contribution in [0, 0.1) is 52.2 Å². The molecule has 2 heterocycles. The molecule has 0 radical (unpaired) electrons. The van der Waals surface area contributed by atoms with E-state index in [4.69, 9.17) is 22.1 Å². The SMILES string of the molecule is CCOC(=O)N1CC=C2C(C#N)=C(N)C(C#N)(C#N)C(c3c(C)nn(-c4ccccc4)c3Cl)C2C1. The Balaban J connectivity index is 1.98. The molecular weight excluding hydrogens is 466 g/mol. The number of hydrogen-bond acceptors (Lipinski definition) is 7. The van der Waals surface area contributed by atoms with Gasteiger partial charge in [0.15, 0.2) is 5.41 Å². The van der Waals surface area contributed by atoms with Gasteiger partial charge in [-0.1, -0.05) is 35.9 Å². The number of halogens is 1. The van der Waals surface area contributed by atoms with Crippen LogP contribution in [0.3, 0.4) is 0 Å². The summed E-state index contributed by atoms with van der Waals surface area (Å²) in [6, 6.07) is 15.5. The highest BCUT2D eigenvalue weighted by molar-refractivity contribution is 6.30. The minimum absolute atomic E-state index is 0.0853. The minimum Gasteiger partial charge on any atom is -0.450 e. The molecular formula is C25H22ClN7O2. The predicted octanol–water partition coefficient (Wildman–Crippen LogP) is 3.72. The van der Waals surface area contributed by atoms with Crippen LogP contribution in [0.1, 0.15) is 24.1 Å². The predicted molar refractivity (Wildman–Crippen MR) is 127 cm³/mol. The summed E-state index contributed by atoms with van der Waals surface area (Å²) in [4.78, 5) is 14.0. The van der Waals surface area contributed by atoms with E-state index in [1.54, 1.807) is 24.6 Å². The number of fused-ring (bicyclic) bond motifs is 1. The second kappa shape index (κ2) is 9.18. The first kappa shape index (κ1) is 23.9. The molecule has 0 fully saturated rings. The highest BCUT2D eigenvalue weighted by atomic mass is 35.5. The first-order valence-corrected chi connectivity index (χ1v) is 11.4. The van der Waals surface area contributed by atoms with Crippen molar-refractivity contribution in [3.63, 3.8) is 0 Å². The van der Waals surface area contributed by atoms with E-state index in [2.05, 4.69) is 23.3 Å². The molecule has 2 aliphatic rings. The average molecular weight is 488 g/mol. The highest BCUT2D eigenvalue weighted by Gasteiger charge is 2.56. The van der Waals surface area contributed by atoms with Crippen molar-refractivity contribution in [1.82, 2.24) is 14.7 Å².